The minimum atomic E-state index is 0.575. The highest BCUT2D eigenvalue weighted by molar-refractivity contribution is 5.81. The Bertz CT molecular complexity index is 1020. The van der Waals surface area contributed by atoms with Gasteiger partial charge < -0.3 is 15.4 Å². The van der Waals surface area contributed by atoms with Gasteiger partial charge in [0.25, 0.3) is 0 Å². The number of benzene rings is 1. The Morgan fingerprint density at radius 3 is 2.68 bits per heavy atom. The summed E-state index contributed by atoms with van der Waals surface area (Å²) in [6, 6.07) is 6.37. The van der Waals surface area contributed by atoms with Gasteiger partial charge in [-0.05, 0) is 50.4 Å². The smallest absolute Gasteiger partial charge is 0.0927 e. The summed E-state index contributed by atoms with van der Waals surface area (Å²) in [5, 5.41) is 4.94. The van der Waals surface area contributed by atoms with Crippen molar-refractivity contribution >= 4 is 16.7 Å². The normalized spacial score (nSPS) is 16.9. The van der Waals surface area contributed by atoms with Crippen LogP contribution < -0.4 is 10.6 Å². The second-order valence-electron chi connectivity index (χ2n) is 8.70. The lowest BCUT2D eigenvalue weighted by Gasteiger charge is -2.28. The number of rotatable bonds is 9. The van der Waals surface area contributed by atoms with Crippen LogP contribution in [0.2, 0.25) is 0 Å². The van der Waals surface area contributed by atoms with E-state index >= 15 is 0 Å². The zero-order valence-corrected chi connectivity index (χ0v) is 18.2. The summed E-state index contributed by atoms with van der Waals surface area (Å²) in [6.07, 6.45) is 11.2. The minimum absolute atomic E-state index is 0.575. The Hall–Kier alpha value is -2.51. The molecule has 7 heteroatoms. The molecule has 1 aliphatic heterocycles. The van der Waals surface area contributed by atoms with Crippen LogP contribution in [0.25, 0.3) is 22.3 Å². The van der Waals surface area contributed by atoms with E-state index in [9.17, 15) is 0 Å². The topological polar surface area (TPSA) is 82.1 Å². The molecule has 164 valence electrons. The van der Waals surface area contributed by atoms with Crippen molar-refractivity contribution in [3.05, 3.63) is 36.3 Å². The number of aromatic nitrogens is 4. The lowest BCUT2D eigenvalue weighted by molar-refractivity contribution is 0.122. The van der Waals surface area contributed by atoms with Gasteiger partial charge in [0.2, 0.25) is 0 Å². The number of nitrogens with zero attached hydrogens (tertiary/aromatic N) is 5. The molecule has 2 aliphatic rings. The molecule has 31 heavy (non-hydrogen) atoms. The first-order valence-electron chi connectivity index (χ1n) is 11.7. The van der Waals surface area contributed by atoms with Crippen molar-refractivity contribution in [3.8, 4) is 11.3 Å². The van der Waals surface area contributed by atoms with Gasteiger partial charge in [-0.15, -0.1) is 0 Å². The van der Waals surface area contributed by atoms with E-state index in [4.69, 9.17) is 25.5 Å². The van der Waals surface area contributed by atoms with Crippen LogP contribution in [-0.2, 0) is 11.3 Å². The van der Waals surface area contributed by atoms with E-state index in [2.05, 4.69) is 34.0 Å². The number of aryl methyl sites for hydroxylation is 1. The Labute approximate surface area is 183 Å². The van der Waals surface area contributed by atoms with Crippen molar-refractivity contribution in [2.75, 3.05) is 37.7 Å². The Morgan fingerprint density at radius 2 is 1.87 bits per heavy atom. The van der Waals surface area contributed by atoms with Gasteiger partial charge in [-0.3, -0.25) is 9.67 Å². The molecule has 3 heterocycles. The fourth-order valence-corrected chi connectivity index (χ4v) is 4.33. The number of hydrogen-bond donors (Lipinski definition) is 1. The first kappa shape index (κ1) is 20.4. The first-order chi connectivity index (χ1) is 15.3. The van der Waals surface area contributed by atoms with Crippen molar-refractivity contribution in [2.24, 2.45) is 5.73 Å². The molecule has 2 fully saturated rings. The molecule has 3 aromatic rings. The predicted octanol–water partition coefficient (Wildman–Crippen LogP) is 3.73. The largest absolute Gasteiger partial charge is 0.378 e. The highest BCUT2D eigenvalue weighted by Gasteiger charge is 2.30. The van der Waals surface area contributed by atoms with E-state index in [1.165, 1.54) is 37.1 Å². The van der Waals surface area contributed by atoms with Crippen LogP contribution in [0, 0.1) is 0 Å². The number of morpholine rings is 1. The zero-order chi connectivity index (χ0) is 21.0. The van der Waals surface area contributed by atoms with Gasteiger partial charge in [-0.2, -0.15) is 5.10 Å². The molecular weight excluding hydrogens is 388 g/mol. The van der Waals surface area contributed by atoms with E-state index in [0.29, 0.717) is 5.92 Å². The van der Waals surface area contributed by atoms with Gasteiger partial charge in [0.1, 0.15) is 0 Å². The monoisotopic (exact) mass is 420 g/mol. The predicted molar refractivity (Wildman–Crippen MR) is 123 cm³/mol. The Kier molecular flexibility index (Phi) is 6.13. The quantitative estimate of drug-likeness (QED) is 0.531. The summed E-state index contributed by atoms with van der Waals surface area (Å²) in [7, 11) is 0. The molecule has 2 N–H and O–H groups in total. The lowest BCUT2D eigenvalue weighted by atomic mass is 10.1. The summed E-state index contributed by atoms with van der Waals surface area (Å²) in [5.41, 5.74) is 11.9. The molecule has 0 atom stereocenters. The third-order valence-electron chi connectivity index (χ3n) is 6.27. The summed E-state index contributed by atoms with van der Waals surface area (Å²) in [5.74, 6) is 0.575. The van der Waals surface area contributed by atoms with E-state index in [0.717, 1.165) is 74.5 Å². The number of unbranched alkanes of at least 4 members (excludes halogenated alkanes) is 3. The maximum Gasteiger partial charge on any atom is 0.0927 e. The summed E-state index contributed by atoms with van der Waals surface area (Å²) >= 11 is 0. The number of anilines is 1. The highest BCUT2D eigenvalue weighted by atomic mass is 16.5. The molecule has 5 rings (SSSR count). The second-order valence-corrected chi connectivity index (χ2v) is 8.70. The maximum absolute atomic E-state index is 5.60. The standard InChI is InChI=1S/C24H32N6O/c25-9-3-1-2-4-10-30-17-20(24(28-30)18-5-6-18)23-16-26-21-8-7-19(15-22(21)27-23)29-11-13-31-14-12-29/h7-8,15-18H,1-6,9-14,25H2. The third-order valence-corrected chi connectivity index (χ3v) is 6.27. The molecule has 1 aliphatic carbocycles. The SMILES string of the molecule is NCCCCCCn1cc(-c2cnc3ccc(N4CCOCC4)cc3n2)c(C2CC2)n1. The first-order valence-corrected chi connectivity index (χ1v) is 11.7. The van der Waals surface area contributed by atoms with Crippen LogP contribution in [0.15, 0.2) is 30.6 Å². The van der Waals surface area contributed by atoms with Gasteiger partial charge in [0.15, 0.2) is 0 Å². The fourth-order valence-electron chi connectivity index (χ4n) is 4.33. The molecule has 0 unspecified atom stereocenters. The fraction of sp³-hybridized carbons (Fsp3) is 0.542. The molecule has 1 saturated carbocycles. The number of fused-ring (bicyclic) bond motifs is 1. The third kappa shape index (κ3) is 4.72. The van der Waals surface area contributed by atoms with Crippen molar-refractivity contribution in [1.29, 1.82) is 0 Å². The van der Waals surface area contributed by atoms with E-state index in [1.54, 1.807) is 0 Å². The second kappa shape index (κ2) is 9.32. The average Bonchev–Trinajstić information content (AvgIpc) is 3.58. The van der Waals surface area contributed by atoms with Crippen LogP contribution in [-0.4, -0.2) is 52.6 Å². The molecule has 7 nitrogen and oxygen atoms in total. The molecule has 1 aromatic carbocycles. The van der Waals surface area contributed by atoms with E-state index < -0.39 is 0 Å². The molecule has 2 aromatic heterocycles. The highest BCUT2D eigenvalue weighted by Crippen LogP contribution is 2.43. The Balaban J connectivity index is 1.39. The van der Waals surface area contributed by atoms with Gasteiger partial charge in [-0.1, -0.05) is 12.8 Å². The zero-order valence-electron chi connectivity index (χ0n) is 18.2. The average molecular weight is 421 g/mol. The van der Waals surface area contributed by atoms with Crippen LogP contribution in [0.3, 0.4) is 0 Å². The molecule has 0 spiro atoms. The molecule has 0 amide bonds. The van der Waals surface area contributed by atoms with Gasteiger partial charge >= 0.3 is 0 Å². The lowest BCUT2D eigenvalue weighted by Crippen LogP contribution is -2.36. The van der Waals surface area contributed by atoms with Crippen LogP contribution in [0.1, 0.15) is 50.1 Å². The van der Waals surface area contributed by atoms with E-state index in [1.807, 2.05) is 6.20 Å². The van der Waals surface area contributed by atoms with Crippen molar-refractivity contribution in [1.82, 2.24) is 19.7 Å². The molecule has 0 radical (unpaired) electrons. The number of nitrogens with two attached hydrogens (primary N) is 1. The van der Waals surface area contributed by atoms with Crippen LogP contribution in [0.4, 0.5) is 5.69 Å². The van der Waals surface area contributed by atoms with Crippen LogP contribution >= 0.6 is 0 Å². The van der Waals surface area contributed by atoms with E-state index in [-0.39, 0.29) is 0 Å². The van der Waals surface area contributed by atoms with Crippen LogP contribution in [0.5, 0.6) is 0 Å². The molecule has 0 bridgehead atoms. The summed E-state index contributed by atoms with van der Waals surface area (Å²) in [6.45, 7) is 5.13. The van der Waals surface area contributed by atoms with Crippen molar-refractivity contribution < 1.29 is 4.74 Å². The molecule has 1 saturated heterocycles. The van der Waals surface area contributed by atoms with Crippen molar-refractivity contribution in [2.45, 2.75) is 51.0 Å². The van der Waals surface area contributed by atoms with Gasteiger partial charge in [0, 0.05) is 43.0 Å². The number of ether oxygens (including phenoxy) is 1. The number of hydrogen-bond acceptors (Lipinski definition) is 6. The summed E-state index contributed by atoms with van der Waals surface area (Å²) in [4.78, 5) is 12.1. The van der Waals surface area contributed by atoms with Gasteiger partial charge in [-0.25, -0.2) is 4.98 Å². The Morgan fingerprint density at radius 1 is 1.03 bits per heavy atom. The summed E-state index contributed by atoms with van der Waals surface area (Å²) < 4.78 is 7.60. The molecular formula is C24H32N6O. The maximum atomic E-state index is 5.60. The van der Waals surface area contributed by atoms with Crippen molar-refractivity contribution in [3.63, 3.8) is 0 Å². The van der Waals surface area contributed by atoms with Gasteiger partial charge in [0.05, 0.1) is 41.8 Å². The minimum Gasteiger partial charge on any atom is -0.378 e.